The largest absolute Gasteiger partial charge is 0.409 e. The summed E-state index contributed by atoms with van der Waals surface area (Å²) in [5.41, 5.74) is 5.59. The van der Waals surface area contributed by atoms with Crippen molar-refractivity contribution in [1.82, 2.24) is 4.72 Å². The van der Waals surface area contributed by atoms with Gasteiger partial charge in [-0.2, -0.15) is 4.72 Å². The van der Waals surface area contributed by atoms with E-state index < -0.39 is 15.6 Å². The fraction of sp³-hybridized carbons (Fsp3) is 0.545. The van der Waals surface area contributed by atoms with E-state index in [1.54, 1.807) is 6.07 Å². The van der Waals surface area contributed by atoms with E-state index in [9.17, 15) is 8.42 Å². The second-order valence-corrected chi connectivity index (χ2v) is 9.18. The normalized spacial score (nSPS) is 19.4. The summed E-state index contributed by atoms with van der Waals surface area (Å²) < 4.78 is 28.6. The average Bonchev–Trinajstić information content (AvgIpc) is 2.97. The van der Waals surface area contributed by atoms with Gasteiger partial charge in [0.15, 0.2) is 5.84 Å². The highest BCUT2D eigenvalue weighted by atomic mass is 79.9. The molecule has 1 fully saturated rings. The molecule has 112 valence electrons. The predicted molar refractivity (Wildman–Crippen MR) is 81.7 cm³/mol. The molecule has 1 aromatic rings. The lowest BCUT2D eigenvalue weighted by molar-refractivity contribution is 0.310. The van der Waals surface area contributed by atoms with Gasteiger partial charge in [0.1, 0.15) is 4.21 Å². The SMILES string of the molecule is Cc1cc(S(=O)(=O)NC2(/C(N)=N/O)CCCC2)sc1Br. The monoisotopic (exact) mass is 381 g/mol. The standard InChI is InChI=1S/C11H16BrN3O3S2/c1-7-6-8(19-9(7)12)20(17,18)15-11(10(13)14-16)4-2-3-5-11/h6,15-16H,2-5H2,1H3,(H2,13,14). The Morgan fingerprint density at radius 3 is 2.60 bits per heavy atom. The van der Waals surface area contributed by atoms with E-state index in [-0.39, 0.29) is 10.0 Å². The molecule has 0 unspecified atom stereocenters. The van der Waals surface area contributed by atoms with Gasteiger partial charge in [0, 0.05) is 0 Å². The lowest BCUT2D eigenvalue weighted by Gasteiger charge is -2.27. The molecule has 0 atom stereocenters. The second kappa shape index (κ2) is 5.63. The van der Waals surface area contributed by atoms with E-state index in [1.165, 1.54) is 0 Å². The van der Waals surface area contributed by atoms with Crippen molar-refractivity contribution in [2.45, 2.75) is 42.4 Å². The van der Waals surface area contributed by atoms with Gasteiger partial charge in [0.25, 0.3) is 10.0 Å². The zero-order valence-corrected chi connectivity index (χ0v) is 14.1. The first-order chi connectivity index (χ1) is 9.31. The highest BCUT2D eigenvalue weighted by Crippen LogP contribution is 2.35. The molecule has 2 rings (SSSR count). The fourth-order valence-electron chi connectivity index (χ4n) is 2.36. The zero-order valence-electron chi connectivity index (χ0n) is 10.9. The number of hydrogen-bond acceptors (Lipinski definition) is 5. The van der Waals surface area contributed by atoms with Crippen LogP contribution in [0.5, 0.6) is 0 Å². The molecular formula is C11H16BrN3O3S2. The first-order valence-corrected chi connectivity index (χ1v) is 9.18. The van der Waals surface area contributed by atoms with Gasteiger partial charge in [-0.3, -0.25) is 0 Å². The van der Waals surface area contributed by atoms with Crippen molar-refractivity contribution in [3.63, 3.8) is 0 Å². The molecular weight excluding hydrogens is 366 g/mol. The van der Waals surface area contributed by atoms with E-state index in [0.717, 1.165) is 33.5 Å². The lowest BCUT2D eigenvalue weighted by atomic mass is 9.98. The Bertz CT molecular complexity index is 614. The Morgan fingerprint density at radius 1 is 1.55 bits per heavy atom. The highest BCUT2D eigenvalue weighted by molar-refractivity contribution is 9.11. The van der Waals surface area contributed by atoms with Gasteiger partial charge in [-0.05, 0) is 47.3 Å². The third kappa shape index (κ3) is 2.85. The number of oxime groups is 1. The molecule has 0 spiro atoms. The van der Waals surface area contributed by atoms with Gasteiger partial charge in [-0.15, -0.1) is 11.3 Å². The first-order valence-electron chi connectivity index (χ1n) is 6.09. The van der Waals surface area contributed by atoms with E-state index in [4.69, 9.17) is 10.9 Å². The molecule has 0 bridgehead atoms. The summed E-state index contributed by atoms with van der Waals surface area (Å²) in [5.74, 6) is -0.0779. The number of hydrogen-bond donors (Lipinski definition) is 3. The number of aryl methyl sites for hydroxylation is 1. The summed E-state index contributed by atoms with van der Waals surface area (Å²) in [6.07, 6.45) is 2.75. The maximum atomic E-state index is 12.5. The van der Waals surface area contributed by atoms with Gasteiger partial charge < -0.3 is 10.9 Å². The Balaban J connectivity index is 2.35. The summed E-state index contributed by atoms with van der Waals surface area (Å²) in [6.45, 7) is 1.83. The Kier molecular flexibility index (Phi) is 4.43. The van der Waals surface area contributed by atoms with Crippen molar-refractivity contribution in [1.29, 1.82) is 0 Å². The van der Waals surface area contributed by atoms with Crippen LogP contribution in [0.4, 0.5) is 0 Å². The van der Waals surface area contributed by atoms with Gasteiger partial charge in [0.05, 0.1) is 9.33 Å². The van der Waals surface area contributed by atoms with Crippen molar-refractivity contribution < 1.29 is 13.6 Å². The number of thiophene rings is 1. The topological polar surface area (TPSA) is 105 Å². The third-order valence-electron chi connectivity index (χ3n) is 3.48. The molecule has 6 nitrogen and oxygen atoms in total. The van der Waals surface area contributed by atoms with E-state index in [1.807, 2.05) is 6.92 Å². The van der Waals surface area contributed by atoms with Crippen LogP contribution in [0.25, 0.3) is 0 Å². The van der Waals surface area contributed by atoms with Gasteiger partial charge in [-0.1, -0.05) is 18.0 Å². The van der Waals surface area contributed by atoms with Crippen LogP contribution in [0.1, 0.15) is 31.2 Å². The number of amidine groups is 1. The van der Waals surface area contributed by atoms with Crippen LogP contribution in [0.3, 0.4) is 0 Å². The Labute approximate surface area is 130 Å². The summed E-state index contributed by atoms with van der Waals surface area (Å²) in [7, 11) is -3.69. The van der Waals surface area contributed by atoms with Crippen LogP contribution in [0, 0.1) is 6.92 Å². The minimum atomic E-state index is -3.69. The molecule has 4 N–H and O–H groups in total. The first kappa shape index (κ1) is 15.7. The molecule has 0 aromatic carbocycles. The molecule has 1 aromatic heterocycles. The molecule has 0 saturated heterocycles. The van der Waals surface area contributed by atoms with Crippen LogP contribution >= 0.6 is 27.3 Å². The number of sulfonamides is 1. The van der Waals surface area contributed by atoms with Gasteiger partial charge >= 0.3 is 0 Å². The van der Waals surface area contributed by atoms with Crippen LogP contribution in [-0.4, -0.2) is 25.0 Å². The molecule has 1 aliphatic carbocycles. The van der Waals surface area contributed by atoms with Crippen LogP contribution in [0.15, 0.2) is 19.2 Å². The highest BCUT2D eigenvalue weighted by Gasteiger charge is 2.42. The molecule has 9 heteroatoms. The van der Waals surface area contributed by atoms with Gasteiger partial charge in [0.2, 0.25) is 0 Å². The Hall–Kier alpha value is -0.640. The Morgan fingerprint density at radius 2 is 2.15 bits per heavy atom. The minimum absolute atomic E-state index is 0.0779. The number of nitrogens with two attached hydrogens (primary N) is 1. The number of nitrogens with zero attached hydrogens (tertiary/aromatic N) is 1. The molecule has 1 saturated carbocycles. The molecule has 1 aliphatic rings. The minimum Gasteiger partial charge on any atom is -0.409 e. The number of nitrogens with one attached hydrogen (secondary N) is 1. The fourth-order valence-corrected chi connectivity index (χ4v) is 6.02. The quantitative estimate of drug-likeness (QED) is 0.321. The third-order valence-corrected chi connectivity index (χ3v) is 7.63. The molecule has 0 amide bonds. The van der Waals surface area contributed by atoms with Crippen molar-refractivity contribution in [3.05, 3.63) is 15.4 Å². The number of halogens is 1. The molecule has 0 aliphatic heterocycles. The van der Waals surface area contributed by atoms with Gasteiger partial charge in [-0.25, -0.2) is 8.42 Å². The van der Waals surface area contributed by atoms with E-state index in [2.05, 4.69) is 25.8 Å². The summed E-state index contributed by atoms with van der Waals surface area (Å²) >= 11 is 4.46. The van der Waals surface area contributed by atoms with E-state index >= 15 is 0 Å². The van der Waals surface area contributed by atoms with Crippen molar-refractivity contribution >= 4 is 43.1 Å². The summed E-state index contributed by atoms with van der Waals surface area (Å²) in [6, 6.07) is 1.60. The molecule has 20 heavy (non-hydrogen) atoms. The van der Waals surface area contributed by atoms with Crippen LogP contribution in [0.2, 0.25) is 0 Å². The molecule has 0 radical (unpaired) electrons. The zero-order chi connectivity index (χ0) is 15.0. The predicted octanol–water partition coefficient (Wildman–Crippen LogP) is 2.16. The lowest BCUT2D eigenvalue weighted by Crippen LogP contribution is -2.55. The molecule has 1 heterocycles. The van der Waals surface area contributed by atoms with Crippen molar-refractivity contribution in [2.24, 2.45) is 10.9 Å². The van der Waals surface area contributed by atoms with Crippen LogP contribution < -0.4 is 10.5 Å². The smallest absolute Gasteiger partial charge is 0.251 e. The maximum absolute atomic E-state index is 12.5. The van der Waals surface area contributed by atoms with Crippen molar-refractivity contribution in [2.75, 3.05) is 0 Å². The summed E-state index contributed by atoms with van der Waals surface area (Å²) in [5, 5.41) is 11.9. The maximum Gasteiger partial charge on any atom is 0.251 e. The van der Waals surface area contributed by atoms with E-state index in [0.29, 0.717) is 12.8 Å². The van der Waals surface area contributed by atoms with Crippen molar-refractivity contribution in [3.8, 4) is 0 Å². The second-order valence-electron chi connectivity index (χ2n) is 4.90. The average molecular weight is 382 g/mol. The summed E-state index contributed by atoms with van der Waals surface area (Å²) in [4.78, 5) is 0. The number of rotatable bonds is 4. The van der Waals surface area contributed by atoms with Crippen LogP contribution in [-0.2, 0) is 10.0 Å².